The maximum Gasteiger partial charge on any atom is 0.367 e. The summed E-state index contributed by atoms with van der Waals surface area (Å²) >= 11 is 0. The highest BCUT2D eigenvalue weighted by atomic mass is 19.3. The fourth-order valence-corrected chi connectivity index (χ4v) is 0.199. The van der Waals surface area contributed by atoms with Gasteiger partial charge in [0, 0.05) is 6.92 Å². The summed E-state index contributed by atoms with van der Waals surface area (Å²) in [6.07, 6.45) is -4.08. The van der Waals surface area contributed by atoms with E-state index >= 15 is 0 Å². The molecule has 0 bridgehead atoms. The molecule has 10 heavy (non-hydrogen) atoms. The molecule has 0 aromatic heterocycles. The normalized spacial score (nSPS) is 17.1. The van der Waals surface area contributed by atoms with Gasteiger partial charge in [0.2, 0.25) is 0 Å². The molecule has 0 spiro atoms. The van der Waals surface area contributed by atoms with Gasteiger partial charge in [0.15, 0.2) is 0 Å². The molecule has 0 aliphatic carbocycles. The van der Waals surface area contributed by atoms with Gasteiger partial charge in [0.05, 0.1) is 0 Å². The fraction of sp³-hybridized carbons (Fsp3) is 1.00. The van der Waals surface area contributed by atoms with E-state index in [0.29, 0.717) is 0 Å². The predicted octanol–water partition coefficient (Wildman–Crippen LogP) is 2.00. The van der Waals surface area contributed by atoms with Gasteiger partial charge < -0.3 is 0 Å². The molecule has 61 valence electrons. The molecule has 1 atom stereocenters. The van der Waals surface area contributed by atoms with Crippen LogP contribution < -0.4 is 0 Å². The van der Waals surface area contributed by atoms with Crippen molar-refractivity contribution in [2.24, 2.45) is 0 Å². The van der Waals surface area contributed by atoms with Gasteiger partial charge in [0.25, 0.3) is 6.36 Å². The summed E-state index contributed by atoms with van der Waals surface area (Å²) in [5.41, 5.74) is 0. The van der Waals surface area contributed by atoms with Crippen LogP contribution in [0.1, 0.15) is 6.92 Å². The van der Waals surface area contributed by atoms with E-state index in [1.54, 1.807) is 0 Å². The Balaban J connectivity index is 4.40. The zero-order valence-electron chi connectivity index (χ0n) is 4.88. The first-order valence-electron chi connectivity index (χ1n) is 2.25. The molecule has 0 saturated carbocycles. The maximum atomic E-state index is 11.6. The van der Waals surface area contributed by atoms with Crippen molar-refractivity contribution in [3.8, 4) is 0 Å². The minimum atomic E-state index is -5.12. The van der Waals surface area contributed by atoms with Crippen LogP contribution in [0, 0.1) is 0 Å². The third-order valence-corrected chi connectivity index (χ3v) is 0.870. The van der Waals surface area contributed by atoms with E-state index in [0.717, 1.165) is 0 Å². The second-order valence-corrected chi connectivity index (χ2v) is 1.83. The van der Waals surface area contributed by atoms with Crippen LogP contribution in [0.3, 0.4) is 0 Å². The molecule has 0 N–H and O–H groups in total. The lowest BCUT2D eigenvalue weighted by molar-refractivity contribution is -0.289. The molecule has 0 aliphatic rings. The third-order valence-electron chi connectivity index (χ3n) is 0.870. The van der Waals surface area contributed by atoms with E-state index in [2.05, 4.69) is 0 Å². The highest BCUT2D eigenvalue weighted by molar-refractivity contribution is 4.82. The molecule has 0 saturated heterocycles. The highest BCUT2D eigenvalue weighted by Gasteiger charge is 2.59. The number of hydrogen-bond donors (Lipinski definition) is 0. The Morgan fingerprint density at radius 2 is 1.50 bits per heavy atom. The van der Waals surface area contributed by atoms with Crippen LogP contribution in [0.15, 0.2) is 0 Å². The topological polar surface area (TPSA) is 19.9 Å². The molecule has 0 aromatic carbocycles. The molecule has 0 fully saturated rings. The fourth-order valence-electron chi connectivity index (χ4n) is 0.199. The lowest BCUT2D eigenvalue weighted by Crippen LogP contribution is -2.45. The van der Waals surface area contributed by atoms with Crippen LogP contribution in [-0.2, 0) is 5.11 Å². The van der Waals surface area contributed by atoms with Crippen LogP contribution in [0.2, 0.25) is 0 Å². The number of hydrogen-bond acceptors (Lipinski definition) is 0. The molecule has 0 heterocycles. The minimum absolute atomic E-state index is 0.211. The Kier molecular flexibility index (Phi) is 2.24. The summed E-state index contributed by atoms with van der Waals surface area (Å²) in [5.74, 6) is -9.72. The van der Waals surface area contributed by atoms with Gasteiger partial charge >= 0.3 is 11.8 Å². The molecule has 1 radical (unpaired) electrons. The number of rotatable bonds is 2. The second kappa shape index (κ2) is 2.34. The van der Waals surface area contributed by atoms with Crippen molar-refractivity contribution in [2.75, 3.05) is 0 Å². The summed E-state index contributed by atoms with van der Waals surface area (Å²) in [6, 6.07) is 0. The van der Waals surface area contributed by atoms with E-state index < -0.39 is 18.2 Å². The summed E-state index contributed by atoms with van der Waals surface area (Å²) in [7, 11) is 0. The molecular weight excluding hydrogens is 159 g/mol. The lowest BCUT2D eigenvalue weighted by atomic mass is 10.2. The van der Waals surface area contributed by atoms with E-state index in [-0.39, 0.29) is 6.92 Å². The summed E-state index contributed by atoms with van der Waals surface area (Å²) in [6.45, 7) is -0.211. The Labute approximate surface area is 53.5 Å². The Hall–Kier alpha value is -0.390. The third kappa shape index (κ3) is 1.56. The average Bonchev–Trinajstić information content (AvgIpc) is 1.62. The van der Waals surface area contributed by atoms with Crippen molar-refractivity contribution in [3.63, 3.8) is 0 Å². The predicted molar refractivity (Wildman–Crippen MR) is 21.2 cm³/mol. The smallest absolute Gasteiger partial charge is 0.206 e. The largest absolute Gasteiger partial charge is 0.367 e. The molecule has 0 amide bonds. The molecule has 1 nitrogen and oxygen atoms in total. The molecule has 6 heteroatoms. The zero-order valence-corrected chi connectivity index (χ0v) is 4.88. The van der Waals surface area contributed by atoms with E-state index in [1.807, 2.05) is 0 Å². The van der Waals surface area contributed by atoms with Crippen LogP contribution in [0.25, 0.3) is 0 Å². The summed E-state index contributed by atoms with van der Waals surface area (Å²) in [4.78, 5) is 0. The lowest BCUT2D eigenvalue weighted by Gasteiger charge is -2.21. The van der Waals surface area contributed by atoms with Crippen LogP contribution in [0.4, 0.5) is 22.0 Å². The minimum Gasteiger partial charge on any atom is -0.206 e. The summed E-state index contributed by atoms with van der Waals surface area (Å²) in [5, 5.41) is 9.30. The monoisotopic (exact) mass is 163 g/mol. The standard InChI is InChI=1S/C4H4F5O/c1-3(6,7)4(8,9)2(5)10/h2H,1H3. The molecule has 0 aromatic rings. The second-order valence-electron chi connectivity index (χ2n) is 1.83. The van der Waals surface area contributed by atoms with Crippen molar-refractivity contribution in [1.29, 1.82) is 0 Å². The zero-order chi connectivity index (χ0) is 8.58. The van der Waals surface area contributed by atoms with Crippen molar-refractivity contribution >= 4 is 0 Å². The first kappa shape index (κ1) is 9.61. The van der Waals surface area contributed by atoms with Crippen molar-refractivity contribution in [2.45, 2.75) is 25.1 Å². The van der Waals surface area contributed by atoms with E-state index in [4.69, 9.17) is 0 Å². The van der Waals surface area contributed by atoms with E-state index in [1.165, 1.54) is 0 Å². The Morgan fingerprint density at radius 3 is 1.50 bits per heavy atom. The van der Waals surface area contributed by atoms with Gasteiger partial charge in [-0.2, -0.15) is 13.9 Å². The molecular formula is C4H4F5O. The van der Waals surface area contributed by atoms with Crippen LogP contribution in [-0.4, -0.2) is 18.2 Å². The molecule has 0 aliphatic heterocycles. The Bertz CT molecular complexity index is 115. The van der Waals surface area contributed by atoms with E-state index in [9.17, 15) is 27.1 Å². The molecule has 0 rings (SSSR count). The van der Waals surface area contributed by atoms with Gasteiger partial charge in [-0.1, -0.05) is 0 Å². The van der Waals surface area contributed by atoms with Gasteiger partial charge in [-0.3, -0.25) is 0 Å². The van der Waals surface area contributed by atoms with Crippen molar-refractivity contribution < 1.29 is 27.1 Å². The quantitative estimate of drug-likeness (QED) is 0.555. The van der Waals surface area contributed by atoms with Gasteiger partial charge in [0.1, 0.15) is 0 Å². The SMILES string of the molecule is CC(F)(F)C(F)(F)C([O])F. The number of halogens is 5. The first-order chi connectivity index (χ1) is 4.19. The molecule has 1 unspecified atom stereocenters. The van der Waals surface area contributed by atoms with Gasteiger partial charge in [-0.05, 0) is 0 Å². The average molecular weight is 163 g/mol. The van der Waals surface area contributed by atoms with Crippen LogP contribution >= 0.6 is 0 Å². The van der Waals surface area contributed by atoms with Crippen LogP contribution in [0.5, 0.6) is 0 Å². The van der Waals surface area contributed by atoms with Gasteiger partial charge in [-0.25, -0.2) is 13.2 Å². The summed E-state index contributed by atoms with van der Waals surface area (Å²) < 4.78 is 57.5. The highest BCUT2D eigenvalue weighted by Crippen LogP contribution is 2.36. The van der Waals surface area contributed by atoms with Crippen molar-refractivity contribution in [3.05, 3.63) is 0 Å². The Morgan fingerprint density at radius 1 is 1.20 bits per heavy atom. The first-order valence-corrected chi connectivity index (χ1v) is 2.25. The maximum absolute atomic E-state index is 11.6. The van der Waals surface area contributed by atoms with Gasteiger partial charge in [-0.15, -0.1) is 0 Å². The van der Waals surface area contributed by atoms with Crippen molar-refractivity contribution in [1.82, 2.24) is 0 Å². The number of alkyl halides is 5.